The Bertz CT molecular complexity index is 1490. The molecule has 1 unspecified atom stereocenters. The van der Waals surface area contributed by atoms with Gasteiger partial charge in [0.05, 0.1) is 6.42 Å². The summed E-state index contributed by atoms with van der Waals surface area (Å²) in [6, 6.07) is 32.7. The summed E-state index contributed by atoms with van der Waals surface area (Å²) in [5.74, 6) is -0.942. The minimum atomic E-state index is -4.06. The SMILES string of the molecule is O=C(CC(CNC(=O)OCc1ccccc1)c1cccc(OS(=O)(=O)c2ccccc2)c1)OCc1ccccc1. The Kier molecular flexibility index (Phi) is 9.90. The summed E-state index contributed by atoms with van der Waals surface area (Å²) in [6.45, 7) is 0.248. The van der Waals surface area contributed by atoms with E-state index >= 15 is 0 Å². The Labute approximate surface area is 233 Å². The van der Waals surface area contributed by atoms with Crippen LogP contribution in [0.25, 0.3) is 0 Å². The fraction of sp³-hybridized carbons (Fsp3) is 0.161. The number of hydrogen-bond donors (Lipinski definition) is 1. The molecular weight excluding hydrogens is 530 g/mol. The van der Waals surface area contributed by atoms with E-state index in [0.717, 1.165) is 11.1 Å². The quantitative estimate of drug-likeness (QED) is 0.178. The molecule has 4 aromatic rings. The van der Waals surface area contributed by atoms with Gasteiger partial charge >= 0.3 is 22.2 Å². The van der Waals surface area contributed by atoms with Crippen molar-refractivity contribution in [3.05, 3.63) is 132 Å². The van der Waals surface area contributed by atoms with Crippen molar-refractivity contribution in [3.63, 3.8) is 0 Å². The molecule has 0 heterocycles. The molecule has 0 bridgehead atoms. The predicted octanol–water partition coefficient (Wildman–Crippen LogP) is 5.60. The summed E-state index contributed by atoms with van der Waals surface area (Å²) in [7, 11) is -4.06. The van der Waals surface area contributed by atoms with Crippen molar-refractivity contribution in [3.8, 4) is 5.75 Å². The van der Waals surface area contributed by atoms with Crippen molar-refractivity contribution in [2.75, 3.05) is 6.54 Å². The highest BCUT2D eigenvalue weighted by Gasteiger charge is 2.21. The summed E-state index contributed by atoms with van der Waals surface area (Å²) in [5.41, 5.74) is 2.26. The Morgan fingerprint density at radius 1 is 0.700 bits per heavy atom. The van der Waals surface area contributed by atoms with E-state index in [9.17, 15) is 18.0 Å². The molecule has 0 saturated carbocycles. The van der Waals surface area contributed by atoms with Crippen LogP contribution < -0.4 is 9.50 Å². The molecule has 0 aliphatic rings. The Morgan fingerprint density at radius 3 is 1.90 bits per heavy atom. The molecular formula is C31H29NO7S. The van der Waals surface area contributed by atoms with Gasteiger partial charge in [0.1, 0.15) is 23.9 Å². The average molecular weight is 560 g/mol. The molecule has 4 aromatic carbocycles. The predicted molar refractivity (Wildman–Crippen MR) is 149 cm³/mol. The second kappa shape index (κ2) is 14.0. The number of ether oxygens (including phenoxy) is 2. The lowest BCUT2D eigenvalue weighted by atomic mass is 9.95. The standard InChI is InChI=1S/C31H29NO7S/c33-30(37-22-24-11-4-1-5-12-24)20-27(21-32-31(34)38-23-25-13-6-2-7-14-25)26-15-10-16-28(19-26)39-40(35,36)29-17-8-3-9-18-29/h1-19,27H,20-23H2,(H,32,34). The fourth-order valence-corrected chi connectivity index (χ4v) is 4.81. The Morgan fingerprint density at radius 2 is 1.27 bits per heavy atom. The molecule has 0 saturated heterocycles. The van der Waals surface area contributed by atoms with Crippen LogP contribution in [0.1, 0.15) is 29.0 Å². The summed E-state index contributed by atoms with van der Waals surface area (Å²) >= 11 is 0. The number of alkyl carbamates (subject to hydrolysis) is 1. The molecule has 1 amide bonds. The molecule has 9 heteroatoms. The van der Waals surface area contributed by atoms with E-state index in [-0.39, 0.29) is 36.8 Å². The van der Waals surface area contributed by atoms with Crippen LogP contribution in [0.15, 0.2) is 120 Å². The van der Waals surface area contributed by atoms with E-state index in [2.05, 4.69) is 5.32 Å². The molecule has 0 aromatic heterocycles. The molecule has 1 N–H and O–H groups in total. The highest BCUT2D eigenvalue weighted by Crippen LogP contribution is 2.26. The summed E-state index contributed by atoms with van der Waals surface area (Å²) in [5, 5.41) is 2.70. The van der Waals surface area contributed by atoms with Gasteiger partial charge in [-0.2, -0.15) is 8.42 Å². The fourth-order valence-electron chi connectivity index (χ4n) is 3.87. The van der Waals surface area contributed by atoms with Crippen molar-refractivity contribution >= 4 is 22.2 Å². The van der Waals surface area contributed by atoms with Gasteiger partial charge in [-0.3, -0.25) is 4.79 Å². The minimum absolute atomic E-state index is 0.0178. The smallest absolute Gasteiger partial charge is 0.407 e. The van der Waals surface area contributed by atoms with Crippen molar-refractivity contribution in [2.24, 2.45) is 0 Å². The zero-order valence-corrected chi connectivity index (χ0v) is 22.5. The Balaban J connectivity index is 1.45. The monoisotopic (exact) mass is 559 g/mol. The Hall–Kier alpha value is -4.63. The minimum Gasteiger partial charge on any atom is -0.461 e. The lowest BCUT2D eigenvalue weighted by molar-refractivity contribution is -0.145. The highest BCUT2D eigenvalue weighted by atomic mass is 32.2. The summed E-state index contributed by atoms with van der Waals surface area (Å²) in [4.78, 5) is 25.2. The molecule has 40 heavy (non-hydrogen) atoms. The first-order chi connectivity index (χ1) is 19.4. The maximum absolute atomic E-state index is 12.8. The molecule has 0 fully saturated rings. The van der Waals surface area contributed by atoms with Crippen molar-refractivity contribution in [2.45, 2.75) is 30.4 Å². The van der Waals surface area contributed by atoms with Gasteiger partial charge in [-0.25, -0.2) is 4.79 Å². The van der Waals surface area contributed by atoms with Crippen LogP contribution in [-0.2, 0) is 37.6 Å². The first-order valence-corrected chi connectivity index (χ1v) is 14.0. The molecule has 1 atom stereocenters. The number of carbonyl (C=O) groups is 2. The van der Waals surface area contributed by atoms with E-state index in [1.165, 1.54) is 24.3 Å². The largest absolute Gasteiger partial charge is 0.461 e. The van der Waals surface area contributed by atoms with Crippen molar-refractivity contribution in [1.82, 2.24) is 5.32 Å². The van der Waals surface area contributed by atoms with Crippen molar-refractivity contribution in [1.29, 1.82) is 0 Å². The zero-order valence-electron chi connectivity index (χ0n) is 21.6. The third kappa shape index (κ3) is 8.71. The van der Waals surface area contributed by atoms with E-state index < -0.39 is 28.1 Å². The number of amides is 1. The van der Waals surface area contributed by atoms with Crippen LogP contribution >= 0.6 is 0 Å². The van der Waals surface area contributed by atoms with Gasteiger partial charge in [-0.05, 0) is 41.0 Å². The second-order valence-electron chi connectivity index (χ2n) is 8.91. The number of benzene rings is 4. The van der Waals surface area contributed by atoms with Gasteiger partial charge in [0.25, 0.3) is 0 Å². The maximum atomic E-state index is 12.8. The van der Waals surface area contributed by atoms with E-state index in [0.29, 0.717) is 5.56 Å². The molecule has 206 valence electrons. The van der Waals surface area contributed by atoms with Crippen LogP contribution in [0.3, 0.4) is 0 Å². The number of carbonyl (C=O) groups excluding carboxylic acids is 2. The van der Waals surface area contributed by atoms with Gasteiger partial charge in [0.2, 0.25) is 0 Å². The molecule has 0 radical (unpaired) electrons. The van der Waals surface area contributed by atoms with Gasteiger partial charge in [0, 0.05) is 12.5 Å². The van der Waals surface area contributed by atoms with Gasteiger partial charge < -0.3 is 19.0 Å². The van der Waals surface area contributed by atoms with Gasteiger partial charge in [-0.1, -0.05) is 91.0 Å². The lowest BCUT2D eigenvalue weighted by Gasteiger charge is -2.18. The number of hydrogen-bond acceptors (Lipinski definition) is 7. The van der Waals surface area contributed by atoms with Gasteiger partial charge in [0.15, 0.2) is 0 Å². The van der Waals surface area contributed by atoms with Crippen LogP contribution in [0.2, 0.25) is 0 Å². The maximum Gasteiger partial charge on any atom is 0.407 e. The van der Waals surface area contributed by atoms with Crippen LogP contribution in [0.4, 0.5) is 4.79 Å². The third-order valence-electron chi connectivity index (χ3n) is 5.93. The number of rotatable bonds is 12. The zero-order chi connectivity index (χ0) is 28.2. The van der Waals surface area contributed by atoms with Crippen LogP contribution in [-0.4, -0.2) is 27.0 Å². The van der Waals surface area contributed by atoms with E-state index in [1.54, 1.807) is 30.3 Å². The lowest BCUT2D eigenvalue weighted by Crippen LogP contribution is -2.30. The topological polar surface area (TPSA) is 108 Å². The molecule has 4 rings (SSSR count). The highest BCUT2D eigenvalue weighted by molar-refractivity contribution is 7.87. The van der Waals surface area contributed by atoms with E-state index in [4.69, 9.17) is 13.7 Å². The average Bonchev–Trinajstić information content (AvgIpc) is 2.98. The molecule has 0 spiro atoms. The number of nitrogens with one attached hydrogen (secondary N) is 1. The first kappa shape index (κ1) is 28.4. The number of esters is 1. The third-order valence-corrected chi connectivity index (χ3v) is 7.19. The first-order valence-electron chi connectivity index (χ1n) is 12.6. The molecule has 0 aliphatic heterocycles. The normalized spacial score (nSPS) is 11.7. The molecule has 8 nitrogen and oxygen atoms in total. The van der Waals surface area contributed by atoms with Crippen molar-refractivity contribution < 1.29 is 31.7 Å². The summed E-state index contributed by atoms with van der Waals surface area (Å²) in [6.07, 6.45) is -0.716. The summed E-state index contributed by atoms with van der Waals surface area (Å²) < 4.78 is 41.5. The van der Waals surface area contributed by atoms with E-state index in [1.807, 2.05) is 60.7 Å². The van der Waals surface area contributed by atoms with Crippen LogP contribution in [0, 0.1) is 0 Å². The van der Waals surface area contributed by atoms with Crippen LogP contribution in [0.5, 0.6) is 5.75 Å². The molecule has 0 aliphatic carbocycles. The second-order valence-corrected chi connectivity index (χ2v) is 10.5. The van der Waals surface area contributed by atoms with Gasteiger partial charge in [-0.15, -0.1) is 0 Å².